The SMILES string of the molecule is CC#Cc1cnc(NC(=O)N(C)c2ccc(CN3CCN(C)CC3=O)c(C=O)n2)cc1O[C@H](C)COC.COCCCc1cc(NC(=O)N(C)c2ccc(CN3CCN(C)CC3=O)c(C=O)n2)ncc1C#CC1CC1. The highest BCUT2D eigenvalue weighted by Crippen LogP contribution is 2.28. The van der Waals surface area contributed by atoms with E-state index in [-0.39, 0.29) is 47.5 Å². The Morgan fingerprint density at radius 2 is 1.29 bits per heavy atom. The van der Waals surface area contributed by atoms with E-state index >= 15 is 0 Å². The van der Waals surface area contributed by atoms with Gasteiger partial charge in [0, 0.05) is 115 Å². The van der Waals surface area contributed by atoms with Gasteiger partial charge in [-0.1, -0.05) is 29.9 Å². The lowest BCUT2D eigenvalue weighted by Gasteiger charge is -2.32. The van der Waals surface area contributed by atoms with Crippen molar-refractivity contribution in [2.24, 2.45) is 5.92 Å². The van der Waals surface area contributed by atoms with E-state index < -0.39 is 12.1 Å². The molecule has 1 saturated carbocycles. The molecular weight excluding hydrogens is 961 g/mol. The number of aldehydes is 2. The van der Waals surface area contributed by atoms with Crippen molar-refractivity contribution in [2.75, 3.05) is 115 Å². The number of likely N-dealkylation sites (N-methyl/N-ethyl adjacent to an activating group) is 2. The number of methoxy groups -OCH3 is 2. The molecule has 396 valence electrons. The maximum absolute atomic E-state index is 13.0. The fourth-order valence-electron chi connectivity index (χ4n) is 7.84. The molecule has 2 saturated heterocycles. The number of anilines is 4. The number of rotatable bonds is 18. The molecule has 0 spiro atoms. The number of carbonyl (C=O) groups excluding carboxylic acids is 6. The first-order valence-electron chi connectivity index (χ1n) is 24.6. The molecule has 7 rings (SSSR count). The molecule has 1 aliphatic carbocycles. The number of hydrogen-bond donors (Lipinski definition) is 2. The van der Waals surface area contributed by atoms with Gasteiger partial charge in [0.15, 0.2) is 12.6 Å². The summed E-state index contributed by atoms with van der Waals surface area (Å²) in [6.07, 6.45) is 8.15. The number of piperazine rings is 2. The number of ether oxygens (including phenoxy) is 3. The summed E-state index contributed by atoms with van der Waals surface area (Å²) in [5.41, 5.74) is 4.09. The third-order valence-electron chi connectivity index (χ3n) is 12.4. The smallest absolute Gasteiger partial charge is 0.328 e. The van der Waals surface area contributed by atoms with Crippen LogP contribution in [0.2, 0.25) is 0 Å². The first-order valence-corrected chi connectivity index (χ1v) is 24.6. The molecule has 4 aromatic heterocycles. The Balaban J connectivity index is 0.000000244. The van der Waals surface area contributed by atoms with E-state index in [0.717, 1.165) is 49.9 Å². The van der Waals surface area contributed by atoms with Gasteiger partial charge in [0.05, 0.1) is 25.3 Å². The van der Waals surface area contributed by atoms with Gasteiger partial charge in [0.1, 0.15) is 46.5 Å². The summed E-state index contributed by atoms with van der Waals surface area (Å²) in [6, 6.07) is 9.24. The lowest BCUT2D eigenvalue weighted by atomic mass is 10.1. The van der Waals surface area contributed by atoms with Crippen LogP contribution in [0.4, 0.5) is 32.9 Å². The molecule has 21 heteroatoms. The van der Waals surface area contributed by atoms with E-state index in [2.05, 4.69) is 54.3 Å². The van der Waals surface area contributed by atoms with Gasteiger partial charge >= 0.3 is 12.1 Å². The minimum atomic E-state index is -0.510. The predicted octanol–water partition coefficient (Wildman–Crippen LogP) is 4.59. The number of aromatic nitrogens is 4. The normalized spacial score (nSPS) is 15.0. The molecule has 75 heavy (non-hydrogen) atoms. The summed E-state index contributed by atoms with van der Waals surface area (Å²) in [5, 5.41) is 5.53. The third-order valence-corrected chi connectivity index (χ3v) is 12.4. The number of nitrogens with zero attached hydrogens (tertiary/aromatic N) is 10. The quantitative estimate of drug-likeness (QED) is 0.0790. The summed E-state index contributed by atoms with van der Waals surface area (Å²) in [4.78, 5) is 101. The molecular formula is C54H66N12O9. The molecule has 6 amide bonds. The van der Waals surface area contributed by atoms with Crippen molar-refractivity contribution in [1.29, 1.82) is 0 Å². The highest BCUT2D eigenvalue weighted by atomic mass is 16.5. The number of hydrogen-bond acceptors (Lipinski definition) is 15. The van der Waals surface area contributed by atoms with E-state index in [9.17, 15) is 28.8 Å². The van der Waals surface area contributed by atoms with Gasteiger partial charge in [0.2, 0.25) is 11.8 Å². The zero-order chi connectivity index (χ0) is 54.0. The van der Waals surface area contributed by atoms with E-state index in [4.69, 9.17) is 14.2 Å². The van der Waals surface area contributed by atoms with Gasteiger partial charge in [-0.05, 0) is 77.4 Å². The minimum Gasteiger partial charge on any atom is -0.487 e. The van der Waals surface area contributed by atoms with Gasteiger partial charge < -0.3 is 24.0 Å². The van der Waals surface area contributed by atoms with Crippen molar-refractivity contribution in [3.8, 4) is 29.4 Å². The Hall–Kier alpha value is -7.82. The third kappa shape index (κ3) is 16.3. The summed E-state index contributed by atoms with van der Waals surface area (Å²) in [5.74, 6) is 14.5. The lowest BCUT2D eigenvalue weighted by Crippen LogP contribution is -2.48. The molecule has 0 bridgehead atoms. The van der Waals surface area contributed by atoms with Crippen molar-refractivity contribution in [3.05, 3.63) is 88.0 Å². The second kappa shape index (κ2) is 27.5. The highest BCUT2D eigenvalue weighted by molar-refractivity contribution is 6.01. The van der Waals surface area contributed by atoms with Gasteiger partial charge in [0.25, 0.3) is 0 Å². The number of pyridine rings is 4. The van der Waals surface area contributed by atoms with Crippen LogP contribution >= 0.6 is 0 Å². The Morgan fingerprint density at radius 3 is 1.77 bits per heavy atom. The zero-order valence-corrected chi connectivity index (χ0v) is 44.0. The standard InChI is InChI=1S/C28H34N6O4.C26H32N6O5/c1-32-12-13-34(27(36)18-32)17-23-10-11-26(30-24(23)19-35)33(2)28(37)31-25-15-21(5-4-14-38-3)22(16-29-25)9-8-20-6-7-20;1-6-7-19-13-27-23(12-22(19)37-18(2)17-36-5)29-26(35)31(4)24-9-8-20(21(16-33)28-24)14-32-11-10-30(3)15-25(32)34/h10-11,15-16,19-20H,4-7,12-14,17-18H2,1-3H3,(H,29,31,37);8-9,12-13,16,18H,10-11,14-15,17H2,1-5H3,(H,27,29,35)/t;18-/m.1/s1. The van der Waals surface area contributed by atoms with Crippen molar-refractivity contribution in [1.82, 2.24) is 39.5 Å². The molecule has 6 heterocycles. The summed E-state index contributed by atoms with van der Waals surface area (Å²) < 4.78 is 16.2. The average Bonchev–Trinajstić information content (AvgIpc) is 4.23. The molecule has 0 unspecified atom stereocenters. The summed E-state index contributed by atoms with van der Waals surface area (Å²) in [6.45, 7) is 8.54. The lowest BCUT2D eigenvalue weighted by molar-refractivity contribution is -0.136. The molecule has 0 aromatic carbocycles. The van der Waals surface area contributed by atoms with Gasteiger partial charge in [-0.25, -0.2) is 29.5 Å². The fraction of sp³-hybridized carbons (Fsp3) is 0.444. The van der Waals surface area contributed by atoms with Crippen molar-refractivity contribution in [2.45, 2.75) is 58.7 Å². The molecule has 1 atom stereocenters. The minimum absolute atomic E-state index is 0.00503. The van der Waals surface area contributed by atoms with E-state index in [0.29, 0.717) is 98.5 Å². The predicted molar refractivity (Wildman–Crippen MR) is 283 cm³/mol. The highest BCUT2D eigenvalue weighted by Gasteiger charge is 2.26. The van der Waals surface area contributed by atoms with Crippen LogP contribution in [0.25, 0.3) is 0 Å². The number of amides is 6. The van der Waals surface area contributed by atoms with Crippen LogP contribution < -0.4 is 25.2 Å². The monoisotopic (exact) mass is 1030 g/mol. The molecule has 3 aliphatic rings. The Morgan fingerprint density at radius 1 is 0.760 bits per heavy atom. The van der Waals surface area contributed by atoms with Crippen LogP contribution in [-0.4, -0.2) is 177 Å². The largest absolute Gasteiger partial charge is 0.487 e. The van der Waals surface area contributed by atoms with Crippen molar-refractivity contribution < 1.29 is 43.0 Å². The summed E-state index contributed by atoms with van der Waals surface area (Å²) in [7, 11) is 10.2. The average molecular weight is 1030 g/mol. The molecule has 2 N–H and O–H groups in total. The molecule has 21 nitrogen and oxygen atoms in total. The van der Waals surface area contributed by atoms with Gasteiger partial charge in [-0.2, -0.15) is 0 Å². The number of urea groups is 2. The fourth-order valence-corrected chi connectivity index (χ4v) is 7.84. The van der Waals surface area contributed by atoms with E-state index in [1.165, 1.54) is 23.0 Å². The first kappa shape index (κ1) is 56.5. The van der Waals surface area contributed by atoms with Crippen molar-refractivity contribution >= 4 is 59.7 Å². The second-order valence-electron chi connectivity index (χ2n) is 18.4. The molecule has 4 aromatic rings. The number of carbonyl (C=O) groups is 6. The van der Waals surface area contributed by atoms with Crippen molar-refractivity contribution in [3.63, 3.8) is 0 Å². The zero-order valence-electron chi connectivity index (χ0n) is 44.0. The molecule has 0 radical (unpaired) electrons. The summed E-state index contributed by atoms with van der Waals surface area (Å²) >= 11 is 0. The van der Waals surface area contributed by atoms with Crippen LogP contribution in [0.5, 0.6) is 5.75 Å². The molecule has 3 fully saturated rings. The maximum Gasteiger partial charge on any atom is 0.328 e. The number of nitrogens with one attached hydrogen (secondary N) is 2. The van der Waals surface area contributed by atoms with Crippen LogP contribution in [0, 0.1) is 29.6 Å². The maximum atomic E-state index is 13.0. The van der Waals surface area contributed by atoms with E-state index in [1.54, 1.807) is 74.5 Å². The number of aryl methyl sites for hydroxylation is 1. The first-order chi connectivity index (χ1) is 36.1. The Bertz CT molecular complexity index is 2840. The van der Waals surface area contributed by atoms with Crippen LogP contribution in [0.3, 0.4) is 0 Å². The molecule has 2 aliphatic heterocycles. The topological polar surface area (TPSA) is 225 Å². The van der Waals surface area contributed by atoms with Crippen LogP contribution in [0.1, 0.15) is 81.9 Å². The van der Waals surface area contributed by atoms with Gasteiger partial charge in [-0.15, -0.1) is 5.92 Å². The van der Waals surface area contributed by atoms with Crippen LogP contribution in [-0.2, 0) is 38.6 Å². The van der Waals surface area contributed by atoms with Crippen LogP contribution in [0.15, 0.2) is 48.8 Å². The van der Waals surface area contributed by atoms with E-state index in [1.807, 2.05) is 36.9 Å². The van der Waals surface area contributed by atoms with Gasteiger partial charge in [-0.3, -0.25) is 49.4 Å². The Kier molecular flexibility index (Phi) is 20.7. The second-order valence-corrected chi connectivity index (χ2v) is 18.4. The Labute approximate surface area is 438 Å².